The molecule has 3 aliphatic rings. The number of hydrogen-bond acceptors (Lipinski definition) is 35. The lowest BCUT2D eigenvalue weighted by atomic mass is 10.2. The molecule has 3 heterocycles. The van der Waals surface area contributed by atoms with Crippen LogP contribution < -0.4 is 5.32 Å². The van der Waals surface area contributed by atoms with Gasteiger partial charge in [-0.2, -0.15) is 0 Å². The van der Waals surface area contributed by atoms with Gasteiger partial charge in [-0.1, -0.05) is 0 Å². The number of carbonyl (C=O) groups excluding carboxylic acids is 8. The zero-order valence-corrected chi connectivity index (χ0v) is 79.3. The van der Waals surface area contributed by atoms with E-state index < -0.39 is 23.0 Å². The van der Waals surface area contributed by atoms with Crippen molar-refractivity contribution in [3.63, 3.8) is 0 Å². The van der Waals surface area contributed by atoms with Crippen molar-refractivity contribution >= 4 is 143 Å². The summed E-state index contributed by atoms with van der Waals surface area (Å²) in [6.07, 6.45) is 0.454. The molecule has 0 bridgehead atoms. The second kappa shape index (κ2) is 81.2. The van der Waals surface area contributed by atoms with Crippen LogP contribution in [0.5, 0.6) is 0 Å². The molecule has 0 unspecified atom stereocenters. The first-order chi connectivity index (χ1) is 57.3. The largest absolute Gasteiger partial charge is 0.460 e. The number of ether oxygens (including phenoxy) is 26. The molecular formula is C75H127Br6N3O35. The third kappa shape index (κ3) is 72.2. The van der Waals surface area contributed by atoms with Crippen molar-refractivity contribution < 1.29 is 167 Å². The molecule has 0 radical (unpaired) electrons. The minimum absolute atomic E-state index is 0.0217. The Morgan fingerprint density at radius 2 is 0.420 bits per heavy atom. The van der Waals surface area contributed by atoms with Crippen LogP contribution in [0.1, 0.15) is 54.4 Å². The average Bonchev–Trinajstić information content (AvgIpc) is 1.75. The van der Waals surface area contributed by atoms with Crippen LogP contribution in [0.4, 0.5) is 0 Å². The highest BCUT2D eigenvalue weighted by molar-refractivity contribution is 9.15. The first kappa shape index (κ1) is 116. The van der Waals surface area contributed by atoms with Crippen LogP contribution in [0.3, 0.4) is 0 Å². The second-order valence-electron chi connectivity index (χ2n) is 25.7. The number of aliphatic hydroxyl groups excluding tert-OH is 1. The number of likely N-dealkylation sites (N-methyl/N-ethyl adjacent to an activating group) is 1. The topological polar surface area (TPSA) is 415 Å². The SMILES string of the molecule is CC(C)(C)OC(=O)CCOCCOCCOCCOCCOCCOCCOCCOCCOCCOCCOCCOCCN1C(=O)C(Br)=C(Br)C1=O.CC(C)(C)OC(=O)CCOCCOCCOCCOCCOCCOCCOCCOCCOCCOCCOCCOCCO.CN1C(=O)C(Br)=C(Br)C1=O.O=C1NC(=O)C(Br)=C1Br. The molecule has 3 rings (SSSR count). The van der Waals surface area contributed by atoms with Gasteiger partial charge in [0.1, 0.15) is 38.1 Å². The van der Waals surface area contributed by atoms with E-state index in [1.807, 2.05) is 41.5 Å². The summed E-state index contributed by atoms with van der Waals surface area (Å²) in [6, 6.07) is 0. The molecule has 0 saturated carbocycles. The van der Waals surface area contributed by atoms with Crippen LogP contribution in [0.2, 0.25) is 0 Å². The van der Waals surface area contributed by atoms with Gasteiger partial charge in [0.05, 0.1) is 343 Å². The van der Waals surface area contributed by atoms with Gasteiger partial charge < -0.3 is 128 Å². The van der Waals surface area contributed by atoms with Crippen LogP contribution in [-0.2, 0) is 162 Å². The number of esters is 2. The van der Waals surface area contributed by atoms with Crippen molar-refractivity contribution in [2.75, 3.05) is 337 Å². The zero-order chi connectivity index (χ0) is 88.1. The van der Waals surface area contributed by atoms with Crippen LogP contribution in [0.25, 0.3) is 0 Å². The molecule has 0 spiro atoms. The third-order valence-corrected chi connectivity index (χ3v) is 19.7. The van der Waals surface area contributed by atoms with E-state index in [2.05, 4.69) is 101 Å². The lowest BCUT2D eigenvalue weighted by molar-refractivity contribution is -0.157. The number of hydrogen-bond donors (Lipinski definition) is 2. The van der Waals surface area contributed by atoms with Gasteiger partial charge >= 0.3 is 11.9 Å². The van der Waals surface area contributed by atoms with Gasteiger partial charge in [-0.15, -0.1) is 0 Å². The minimum atomic E-state index is -0.481. The molecule has 0 saturated heterocycles. The van der Waals surface area contributed by atoms with Crippen molar-refractivity contribution in [3.05, 3.63) is 26.9 Å². The van der Waals surface area contributed by atoms with E-state index in [9.17, 15) is 38.4 Å². The monoisotopic (exact) mass is 2100 g/mol. The fourth-order valence-electron chi connectivity index (χ4n) is 8.07. The van der Waals surface area contributed by atoms with Gasteiger partial charge in [0.15, 0.2) is 0 Å². The molecule has 0 fully saturated rings. The van der Waals surface area contributed by atoms with Crippen molar-refractivity contribution in [2.45, 2.75) is 65.6 Å². The van der Waals surface area contributed by atoms with Crippen molar-refractivity contribution in [1.29, 1.82) is 0 Å². The summed E-state index contributed by atoms with van der Waals surface area (Å²) >= 11 is 17.9. The van der Waals surface area contributed by atoms with Crippen LogP contribution in [0.15, 0.2) is 26.9 Å². The van der Waals surface area contributed by atoms with Gasteiger partial charge in [0.25, 0.3) is 35.4 Å². The maximum Gasteiger partial charge on any atom is 0.308 e. The number of nitrogens with zero attached hydrogens (tertiary/aromatic N) is 2. The first-order valence-electron chi connectivity index (χ1n) is 38.9. The summed E-state index contributed by atoms with van der Waals surface area (Å²) in [5.74, 6) is -2.70. The molecule has 0 aromatic carbocycles. The lowest BCUT2D eigenvalue weighted by Crippen LogP contribution is -2.34. The van der Waals surface area contributed by atoms with Crippen LogP contribution >= 0.6 is 95.6 Å². The Labute approximate surface area is 749 Å². The third-order valence-electron chi connectivity index (χ3n) is 13.7. The van der Waals surface area contributed by atoms with E-state index in [0.29, 0.717) is 319 Å². The fraction of sp³-hybridized carbons (Fsp3) is 0.813. The number of halogens is 6. The lowest BCUT2D eigenvalue weighted by Gasteiger charge is -2.19. The molecule has 38 nitrogen and oxygen atoms in total. The van der Waals surface area contributed by atoms with E-state index in [1.165, 1.54) is 7.05 Å². The summed E-state index contributed by atoms with van der Waals surface area (Å²) in [5, 5.41) is 10.6. The smallest absolute Gasteiger partial charge is 0.308 e. The normalized spacial score (nSPS) is 13.8. The van der Waals surface area contributed by atoms with Crippen LogP contribution in [-0.4, -0.2) is 411 Å². The van der Waals surface area contributed by atoms with E-state index in [-0.39, 0.29) is 86.1 Å². The van der Waals surface area contributed by atoms with E-state index in [4.69, 9.17) is 128 Å². The minimum Gasteiger partial charge on any atom is -0.460 e. The summed E-state index contributed by atoms with van der Waals surface area (Å²) in [5.41, 5.74) is -0.956. The molecule has 0 aromatic rings. The Morgan fingerprint density at radius 3 is 0.563 bits per heavy atom. The van der Waals surface area contributed by atoms with Gasteiger partial charge in [-0.05, 0) is 137 Å². The second-order valence-corrected chi connectivity index (χ2v) is 30.4. The standard InChI is InChI=1S/C35H61Br2NO16.C31H62O15.C5H3Br2NO2.C4HBr2NO2/c1-35(2,3)54-30(39)4-6-42-8-10-44-12-14-46-16-18-48-20-22-50-24-26-52-28-29-53-27-25-51-23-21-49-19-17-47-15-13-45-11-9-43-7-5-38-33(40)31(36)32(37)34(38)41;1-31(2,3)46-30(33)4-6-34-8-10-36-12-14-38-16-18-40-20-22-42-24-26-44-28-29-45-27-25-43-23-21-41-19-17-39-15-13-37-11-9-35-7-5-32;1-8-4(9)2(6)3(7)5(8)10;5-1-2(6)4(9)7-3(1)8/h4-29H2,1-3H3;32H,4-29H2,1-3H3;1H3;(H,7,8,9). The maximum atomic E-state index is 11.9. The number of rotatable bonds is 77. The van der Waals surface area contributed by atoms with Gasteiger partial charge in [0.2, 0.25) is 0 Å². The van der Waals surface area contributed by atoms with E-state index in [0.717, 1.165) is 9.80 Å². The summed E-state index contributed by atoms with van der Waals surface area (Å²) in [6.45, 7) is 33.0. The molecule has 2 N–H and O–H groups in total. The molecular weight excluding hydrogens is 1980 g/mol. The Hall–Kier alpha value is -2.54. The first-order valence-corrected chi connectivity index (χ1v) is 43.6. The Morgan fingerprint density at radius 1 is 0.261 bits per heavy atom. The molecule has 0 aromatic heterocycles. The fourth-order valence-corrected chi connectivity index (χ4v) is 10.3. The molecule has 0 aliphatic carbocycles. The average molecular weight is 2110 g/mol. The quantitative estimate of drug-likeness (QED) is 0.0468. The summed E-state index contributed by atoms with van der Waals surface area (Å²) in [4.78, 5) is 91.9. The predicted molar refractivity (Wildman–Crippen MR) is 450 cm³/mol. The Kier molecular flexibility index (Phi) is 79.5. The predicted octanol–water partition coefficient (Wildman–Crippen LogP) is 4.83. The molecule has 0 atom stereocenters. The van der Waals surface area contributed by atoms with Crippen molar-refractivity contribution in [3.8, 4) is 0 Å². The Balaban J connectivity index is 0.00000191. The van der Waals surface area contributed by atoms with E-state index in [1.54, 1.807) is 0 Å². The summed E-state index contributed by atoms with van der Waals surface area (Å²) in [7, 11) is 1.43. The van der Waals surface area contributed by atoms with Gasteiger partial charge in [-0.3, -0.25) is 53.5 Å². The molecule has 44 heteroatoms. The molecule has 6 amide bonds. The highest BCUT2D eigenvalue weighted by Gasteiger charge is 2.36. The molecule has 119 heavy (non-hydrogen) atoms. The highest BCUT2D eigenvalue weighted by Crippen LogP contribution is 2.30. The number of imide groups is 3. The number of amides is 6. The number of aliphatic hydroxyl groups is 1. The van der Waals surface area contributed by atoms with Gasteiger partial charge in [0, 0.05) is 7.05 Å². The Bertz CT molecular complexity index is 2670. The zero-order valence-electron chi connectivity index (χ0n) is 69.8. The van der Waals surface area contributed by atoms with Crippen molar-refractivity contribution in [1.82, 2.24) is 15.1 Å². The molecule has 694 valence electrons. The van der Waals surface area contributed by atoms with Crippen molar-refractivity contribution in [2.24, 2.45) is 0 Å². The maximum absolute atomic E-state index is 11.9. The number of carbonyl (C=O) groups is 8. The number of nitrogens with one attached hydrogen (secondary N) is 1. The molecule has 3 aliphatic heterocycles. The van der Waals surface area contributed by atoms with E-state index >= 15 is 0 Å². The summed E-state index contributed by atoms with van der Waals surface area (Å²) < 4.78 is 142. The van der Waals surface area contributed by atoms with Crippen LogP contribution in [0, 0.1) is 0 Å². The highest BCUT2D eigenvalue weighted by atomic mass is 79.9. The van der Waals surface area contributed by atoms with Gasteiger partial charge in [-0.25, -0.2) is 0 Å².